The molecule has 3 heteroatoms. The normalized spacial score (nSPS) is 12.6. The summed E-state index contributed by atoms with van der Waals surface area (Å²) in [4.78, 5) is 22.4. The van der Waals surface area contributed by atoms with Gasteiger partial charge in [-0.05, 0) is 19.3 Å². The lowest BCUT2D eigenvalue weighted by atomic mass is 9.96. The zero-order valence-corrected chi connectivity index (χ0v) is 10.2. The maximum absolute atomic E-state index is 11.2. The zero-order chi connectivity index (χ0) is 11.8. The molecule has 15 heavy (non-hydrogen) atoms. The van der Waals surface area contributed by atoms with Gasteiger partial charge in [0.2, 0.25) is 0 Å². The highest BCUT2D eigenvalue weighted by molar-refractivity contribution is 5.97. The van der Waals surface area contributed by atoms with Gasteiger partial charge in [0.15, 0.2) is 0 Å². The molecule has 0 bridgehead atoms. The second-order valence-corrected chi connectivity index (χ2v) is 4.36. The molecule has 0 aromatic heterocycles. The van der Waals surface area contributed by atoms with E-state index < -0.39 is 11.9 Å². The number of carbonyl (C=O) groups is 2. The number of hydrogen-bond acceptors (Lipinski definition) is 3. The Kier molecular flexibility index (Phi) is 7.01. The minimum absolute atomic E-state index is 0.0913. The van der Waals surface area contributed by atoms with Gasteiger partial charge in [-0.15, -0.1) is 0 Å². The summed E-state index contributed by atoms with van der Waals surface area (Å²) in [6.07, 6.45) is 3.75. The van der Waals surface area contributed by atoms with Crippen LogP contribution in [0.1, 0.15) is 46.5 Å². The van der Waals surface area contributed by atoms with E-state index in [9.17, 15) is 9.59 Å². The Morgan fingerprint density at radius 2 is 1.67 bits per heavy atom. The van der Waals surface area contributed by atoms with Crippen molar-refractivity contribution in [1.82, 2.24) is 0 Å². The Bertz CT molecular complexity index is 209. The summed E-state index contributed by atoms with van der Waals surface area (Å²) in [6.45, 7) is 5.79. The van der Waals surface area contributed by atoms with Crippen molar-refractivity contribution in [3.05, 3.63) is 0 Å². The first-order chi connectivity index (χ1) is 6.99. The fourth-order valence-electron chi connectivity index (χ4n) is 1.53. The van der Waals surface area contributed by atoms with Gasteiger partial charge in [0, 0.05) is 0 Å². The summed E-state index contributed by atoms with van der Waals surface area (Å²) in [6, 6.07) is 0. The zero-order valence-electron chi connectivity index (χ0n) is 10.2. The Morgan fingerprint density at radius 3 is 2.07 bits per heavy atom. The van der Waals surface area contributed by atoms with Crippen LogP contribution in [0.3, 0.4) is 0 Å². The molecule has 0 aliphatic rings. The minimum atomic E-state index is -0.554. The van der Waals surface area contributed by atoms with Crippen molar-refractivity contribution in [1.29, 1.82) is 0 Å². The average molecular weight is 214 g/mol. The maximum Gasteiger partial charge on any atom is 0.316 e. The smallest absolute Gasteiger partial charge is 0.316 e. The van der Waals surface area contributed by atoms with Crippen LogP contribution in [0.25, 0.3) is 0 Å². The van der Waals surface area contributed by atoms with Crippen LogP contribution in [-0.4, -0.2) is 18.9 Å². The number of Topliss-reactive ketones (excluding diaryl/α,β-unsaturated/α-hetero) is 1. The third-order valence-electron chi connectivity index (χ3n) is 2.50. The van der Waals surface area contributed by atoms with Crippen molar-refractivity contribution < 1.29 is 14.3 Å². The molecule has 0 rings (SSSR count). The molecule has 0 aliphatic carbocycles. The first-order valence-electron chi connectivity index (χ1n) is 5.57. The third-order valence-corrected chi connectivity index (χ3v) is 2.50. The summed E-state index contributed by atoms with van der Waals surface area (Å²) in [5, 5.41) is 0. The van der Waals surface area contributed by atoms with E-state index in [1.54, 1.807) is 0 Å². The fraction of sp³-hybridized carbons (Fsp3) is 0.833. The van der Waals surface area contributed by atoms with E-state index in [4.69, 9.17) is 0 Å². The van der Waals surface area contributed by atoms with Crippen LogP contribution in [0.2, 0.25) is 0 Å². The van der Waals surface area contributed by atoms with Gasteiger partial charge in [0.1, 0.15) is 11.7 Å². The van der Waals surface area contributed by atoms with E-state index in [0.717, 1.165) is 19.3 Å². The molecular formula is C12H22O3. The molecule has 0 radical (unpaired) electrons. The minimum Gasteiger partial charge on any atom is -0.468 e. The molecule has 0 amide bonds. The molecule has 0 aromatic rings. The lowest BCUT2D eigenvalue weighted by Crippen LogP contribution is -2.23. The number of rotatable bonds is 7. The van der Waals surface area contributed by atoms with Gasteiger partial charge in [-0.2, -0.15) is 0 Å². The Hall–Kier alpha value is -0.860. The summed E-state index contributed by atoms with van der Waals surface area (Å²) in [5.41, 5.74) is 0. The highest BCUT2D eigenvalue weighted by Gasteiger charge is 2.23. The largest absolute Gasteiger partial charge is 0.468 e. The molecule has 0 saturated carbocycles. The summed E-state index contributed by atoms with van der Waals surface area (Å²) < 4.78 is 4.59. The van der Waals surface area contributed by atoms with Crippen molar-refractivity contribution in [2.24, 2.45) is 11.8 Å². The van der Waals surface area contributed by atoms with Crippen molar-refractivity contribution in [2.45, 2.75) is 46.5 Å². The first kappa shape index (κ1) is 14.1. The second-order valence-electron chi connectivity index (χ2n) is 4.36. The second kappa shape index (κ2) is 7.43. The third kappa shape index (κ3) is 6.26. The quantitative estimate of drug-likeness (QED) is 0.371. The van der Waals surface area contributed by atoms with E-state index in [0.29, 0.717) is 12.3 Å². The molecule has 0 fully saturated rings. The monoisotopic (exact) mass is 214 g/mol. The predicted octanol–water partition coefficient (Wildman–Crippen LogP) is 2.58. The topological polar surface area (TPSA) is 43.4 Å². The molecule has 1 unspecified atom stereocenters. The molecule has 0 N–H and O–H groups in total. The molecule has 0 saturated heterocycles. The molecule has 1 atom stereocenters. The molecular weight excluding hydrogens is 192 g/mol. The standard InChI is InChI=1S/C12H22O3/c1-9(2)7-5-6-8-11(10(3)13)12(14)15-4/h9,11H,5-8H2,1-4H3. The average Bonchev–Trinajstić information content (AvgIpc) is 2.15. The van der Waals surface area contributed by atoms with E-state index in [-0.39, 0.29) is 5.78 Å². The van der Waals surface area contributed by atoms with Gasteiger partial charge in [-0.1, -0.05) is 33.1 Å². The van der Waals surface area contributed by atoms with Crippen LogP contribution in [-0.2, 0) is 14.3 Å². The number of unbranched alkanes of at least 4 members (excludes halogenated alkanes) is 1. The number of hydrogen-bond donors (Lipinski definition) is 0. The fourth-order valence-corrected chi connectivity index (χ4v) is 1.53. The van der Waals surface area contributed by atoms with Crippen molar-refractivity contribution >= 4 is 11.8 Å². The van der Waals surface area contributed by atoms with Gasteiger partial charge >= 0.3 is 5.97 Å². The SMILES string of the molecule is COC(=O)C(CCCCC(C)C)C(C)=O. The molecule has 3 nitrogen and oxygen atoms in total. The molecule has 0 aromatic carbocycles. The van der Waals surface area contributed by atoms with E-state index in [2.05, 4.69) is 18.6 Å². The van der Waals surface area contributed by atoms with Gasteiger partial charge in [0.05, 0.1) is 7.11 Å². The number of carbonyl (C=O) groups excluding carboxylic acids is 2. The van der Waals surface area contributed by atoms with Gasteiger partial charge < -0.3 is 4.74 Å². The van der Waals surface area contributed by atoms with Gasteiger partial charge in [-0.25, -0.2) is 0 Å². The van der Waals surface area contributed by atoms with Crippen LogP contribution in [0.4, 0.5) is 0 Å². The predicted molar refractivity (Wildman–Crippen MR) is 59.5 cm³/mol. The number of ether oxygens (including phenoxy) is 1. The number of ketones is 1. The summed E-state index contributed by atoms with van der Waals surface area (Å²) in [5.74, 6) is -0.362. The van der Waals surface area contributed by atoms with Gasteiger partial charge in [-0.3, -0.25) is 9.59 Å². The number of methoxy groups -OCH3 is 1. The summed E-state index contributed by atoms with van der Waals surface area (Å²) >= 11 is 0. The Labute approximate surface area is 92.2 Å². The van der Waals surface area contributed by atoms with E-state index in [1.165, 1.54) is 14.0 Å². The molecule has 0 heterocycles. The lowest BCUT2D eigenvalue weighted by Gasteiger charge is -2.11. The van der Waals surface area contributed by atoms with Crippen molar-refractivity contribution in [2.75, 3.05) is 7.11 Å². The van der Waals surface area contributed by atoms with Crippen LogP contribution in [0, 0.1) is 11.8 Å². The first-order valence-corrected chi connectivity index (χ1v) is 5.57. The van der Waals surface area contributed by atoms with E-state index >= 15 is 0 Å². The van der Waals surface area contributed by atoms with Gasteiger partial charge in [0.25, 0.3) is 0 Å². The Balaban J connectivity index is 3.87. The summed E-state index contributed by atoms with van der Waals surface area (Å²) in [7, 11) is 1.33. The number of esters is 1. The van der Waals surface area contributed by atoms with Crippen LogP contribution in [0.15, 0.2) is 0 Å². The van der Waals surface area contributed by atoms with Crippen LogP contribution in [0.5, 0.6) is 0 Å². The molecule has 0 spiro atoms. The highest BCUT2D eigenvalue weighted by atomic mass is 16.5. The van der Waals surface area contributed by atoms with Crippen molar-refractivity contribution in [3.63, 3.8) is 0 Å². The molecule has 0 aliphatic heterocycles. The Morgan fingerprint density at radius 1 is 1.13 bits per heavy atom. The molecule has 88 valence electrons. The highest BCUT2D eigenvalue weighted by Crippen LogP contribution is 2.15. The van der Waals surface area contributed by atoms with Crippen molar-refractivity contribution in [3.8, 4) is 0 Å². The van der Waals surface area contributed by atoms with Crippen LogP contribution >= 0.6 is 0 Å². The lowest BCUT2D eigenvalue weighted by molar-refractivity contribution is -0.149. The van der Waals surface area contributed by atoms with E-state index in [1.807, 2.05) is 0 Å². The maximum atomic E-state index is 11.2. The van der Waals surface area contributed by atoms with Crippen LogP contribution < -0.4 is 0 Å².